The Kier molecular flexibility index (Phi) is 4.13. The van der Waals surface area contributed by atoms with Crippen molar-refractivity contribution in [2.45, 2.75) is 6.92 Å². The van der Waals surface area contributed by atoms with Crippen LogP contribution in [0.4, 0.5) is 5.00 Å². The van der Waals surface area contributed by atoms with E-state index < -0.39 is 11.9 Å². The molecule has 0 radical (unpaired) electrons. The second-order valence-electron chi connectivity index (χ2n) is 4.27. The number of carbonyl (C=O) groups is 2. The highest BCUT2D eigenvalue weighted by Crippen LogP contribution is 2.29. The van der Waals surface area contributed by atoms with E-state index in [4.69, 9.17) is 9.84 Å². The number of aryl methyl sites for hydroxylation is 1. The Labute approximate surface area is 124 Å². The van der Waals surface area contributed by atoms with Gasteiger partial charge in [0.25, 0.3) is 5.91 Å². The van der Waals surface area contributed by atoms with Crippen molar-refractivity contribution in [3.05, 3.63) is 40.3 Å². The molecule has 1 aromatic carbocycles. The molecule has 0 saturated heterocycles. The van der Waals surface area contributed by atoms with E-state index in [0.29, 0.717) is 16.3 Å². The lowest BCUT2D eigenvalue weighted by Gasteiger charge is -2.07. The van der Waals surface area contributed by atoms with Crippen LogP contribution < -0.4 is 10.1 Å². The number of ether oxygens (including phenoxy) is 1. The van der Waals surface area contributed by atoms with Crippen molar-refractivity contribution in [1.82, 2.24) is 0 Å². The Balaban J connectivity index is 2.26. The number of phenolic OH excluding ortho intramolecular Hbond substituents is 1. The lowest BCUT2D eigenvalue weighted by molar-refractivity contribution is 0.0701. The van der Waals surface area contributed by atoms with Gasteiger partial charge in [0, 0.05) is 0 Å². The lowest BCUT2D eigenvalue weighted by atomic mass is 10.1. The van der Waals surface area contributed by atoms with Gasteiger partial charge in [0.05, 0.1) is 17.7 Å². The maximum absolute atomic E-state index is 12.1. The van der Waals surface area contributed by atoms with Crippen LogP contribution in [0.15, 0.2) is 24.3 Å². The summed E-state index contributed by atoms with van der Waals surface area (Å²) >= 11 is 0.962. The largest absolute Gasteiger partial charge is 0.507 e. The first-order valence-corrected chi connectivity index (χ1v) is 6.76. The van der Waals surface area contributed by atoms with Crippen LogP contribution in [-0.2, 0) is 0 Å². The highest BCUT2D eigenvalue weighted by molar-refractivity contribution is 7.18. The van der Waals surface area contributed by atoms with Gasteiger partial charge in [0.2, 0.25) is 0 Å². The second-order valence-corrected chi connectivity index (χ2v) is 5.32. The minimum absolute atomic E-state index is 0.0530. The van der Waals surface area contributed by atoms with Gasteiger partial charge < -0.3 is 20.3 Å². The van der Waals surface area contributed by atoms with Crippen molar-refractivity contribution in [3.63, 3.8) is 0 Å². The SMILES string of the molecule is COc1ccc(O)c(C(=O)Nc2cc(C)c(C(=O)O)s2)c1. The van der Waals surface area contributed by atoms with E-state index >= 15 is 0 Å². The Morgan fingerprint density at radius 2 is 2.00 bits per heavy atom. The molecule has 0 spiro atoms. The topological polar surface area (TPSA) is 95.9 Å². The zero-order chi connectivity index (χ0) is 15.6. The van der Waals surface area contributed by atoms with Crippen molar-refractivity contribution >= 4 is 28.2 Å². The number of carbonyl (C=O) groups excluding carboxylic acids is 1. The third-order valence-corrected chi connectivity index (χ3v) is 3.94. The fourth-order valence-corrected chi connectivity index (χ4v) is 2.67. The molecule has 1 amide bonds. The van der Waals surface area contributed by atoms with Crippen LogP contribution in [0.5, 0.6) is 11.5 Å². The van der Waals surface area contributed by atoms with Gasteiger partial charge in [-0.05, 0) is 36.8 Å². The number of phenols is 1. The molecule has 7 heteroatoms. The Morgan fingerprint density at radius 3 is 2.57 bits per heavy atom. The molecule has 0 fully saturated rings. The zero-order valence-corrected chi connectivity index (χ0v) is 12.2. The van der Waals surface area contributed by atoms with Crippen LogP contribution in [0, 0.1) is 6.92 Å². The molecule has 1 heterocycles. The van der Waals surface area contributed by atoms with Crippen molar-refractivity contribution in [2.75, 3.05) is 12.4 Å². The summed E-state index contributed by atoms with van der Waals surface area (Å²) in [4.78, 5) is 23.3. The molecule has 0 atom stereocenters. The number of nitrogens with one attached hydrogen (secondary N) is 1. The highest BCUT2D eigenvalue weighted by atomic mass is 32.1. The Morgan fingerprint density at radius 1 is 1.29 bits per heavy atom. The summed E-state index contributed by atoms with van der Waals surface area (Å²) in [5, 5.41) is 21.7. The molecule has 21 heavy (non-hydrogen) atoms. The molecular formula is C14H13NO5S. The molecule has 0 aliphatic carbocycles. The molecule has 0 unspecified atom stereocenters. The maximum atomic E-state index is 12.1. The molecule has 2 aromatic rings. The van der Waals surface area contributed by atoms with E-state index in [9.17, 15) is 14.7 Å². The van der Waals surface area contributed by atoms with Crippen LogP contribution in [0.2, 0.25) is 0 Å². The molecular weight excluding hydrogens is 294 g/mol. The zero-order valence-electron chi connectivity index (χ0n) is 11.3. The minimum Gasteiger partial charge on any atom is -0.507 e. The quantitative estimate of drug-likeness (QED) is 0.807. The molecule has 0 aliphatic rings. The van der Waals surface area contributed by atoms with Crippen molar-refractivity contribution in [1.29, 1.82) is 0 Å². The van der Waals surface area contributed by atoms with E-state index in [1.165, 1.54) is 25.3 Å². The number of thiophene rings is 1. The Bertz CT molecular complexity index is 707. The van der Waals surface area contributed by atoms with Gasteiger partial charge >= 0.3 is 5.97 Å². The number of amides is 1. The van der Waals surface area contributed by atoms with Crippen LogP contribution in [-0.4, -0.2) is 29.2 Å². The van der Waals surface area contributed by atoms with Gasteiger partial charge in [-0.2, -0.15) is 0 Å². The van der Waals surface area contributed by atoms with Crippen molar-refractivity contribution in [2.24, 2.45) is 0 Å². The first-order valence-electron chi connectivity index (χ1n) is 5.94. The predicted octanol–water partition coefficient (Wildman–Crippen LogP) is 2.72. The van der Waals surface area contributed by atoms with Gasteiger partial charge in [-0.15, -0.1) is 11.3 Å². The van der Waals surface area contributed by atoms with Crippen molar-refractivity contribution in [3.8, 4) is 11.5 Å². The van der Waals surface area contributed by atoms with Crippen LogP contribution in [0.3, 0.4) is 0 Å². The number of benzene rings is 1. The van der Waals surface area contributed by atoms with Gasteiger partial charge in [-0.25, -0.2) is 4.79 Å². The number of carboxylic acid groups (broad SMARTS) is 1. The molecule has 110 valence electrons. The first kappa shape index (κ1) is 14.9. The van der Waals surface area contributed by atoms with Crippen molar-refractivity contribution < 1.29 is 24.5 Å². The predicted molar refractivity (Wildman–Crippen MR) is 78.6 cm³/mol. The molecule has 0 bridgehead atoms. The molecule has 2 rings (SSSR count). The molecule has 3 N–H and O–H groups in total. The fourth-order valence-electron chi connectivity index (χ4n) is 1.76. The Hall–Kier alpha value is -2.54. The number of anilines is 1. The second kappa shape index (κ2) is 5.84. The maximum Gasteiger partial charge on any atom is 0.346 e. The summed E-state index contributed by atoms with van der Waals surface area (Å²) in [5.41, 5.74) is 0.620. The normalized spacial score (nSPS) is 10.2. The monoisotopic (exact) mass is 307 g/mol. The average molecular weight is 307 g/mol. The summed E-state index contributed by atoms with van der Waals surface area (Å²) in [5.74, 6) is -1.32. The summed E-state index contributed by atoms with van der Waals surface area (Å²) in [6.45, 7) is 1.65. The average Bonchev–Trinajstić information content (AvgIpc) is 2.80. The summed E-state index contributed by atoms with van der Waals surface area (Å²) in [6.07, 6.45) is 0. The number of hydrogen-bond acceptors (Lipinski definition) is 5. The third kappa shape index (κ3) is 3.14. The smallest absolute Gasteiger partial charge is 0.346 e. The molecule has 0 saturated carbocycles. The molecule has 6 nitrogen and oxygen atoms in total. The van der Waals surface area contributed by atoms with Crippen LogP contribution >= 0.6 is 11.3 Å². The van der Waals surface area contributed by atoms with E-state index in [0.717, 1.165) is 11.3 Å². The molecule has 1 aromatic heterocycles. The summed E-state index contributed by atoms with van der Waals surface area (Å²) in [6, 6.07) is 5.87. The number of aromatic carboxylic acids is 1. The summed E-state index contributed by atoms with van der Waals surface area (Å²) < 4.78 is 5.00. The van der Waals surface area contributed by atoms with E-state index in [2.05, 4.69) is 5.32 Å². The van der Waals surface area contributed by atoms with E-state index in [-0.39, 0.29) is 16.2 Å². The number of carboxylic acids is 1. The van der Waals surface area contributed by atoms with Crippen LogP contribution in [0.25, 0.3) is 0 Å². The van der Waals surface area contributed by atoms with Gasteiger partial charge in [0.1, 0.15) is 16.4 Å². The minimum atomic E-state index is -1.04. The van der Waals surface area contributed by atoms with Gasteiger partial charge in [-0.3, -0.25) is 4.79 Å². The third-order valence-electron chi connectivity index (χ3n) is 2.80. The highest BCUT2D eigenvalue weighted by Gasteiger charge is 2.17. The number of rotatable bonds is 4. The number of hydrogen-bond donors (Lipinski definition) is 3. The lowest BCUT2D eigenvalue weighted by Crippen LogP contribution is -2.11. The first-order chi connectivity index (χ1) is 9.92. The summed E-state index contributed by atoms with van der Waals surface area (Å²) in [7, 11) is 1.45. The number of aromatic hydroxyl groups is 1. The van der Waals surface area contributed by atoms with Crippen LogP contribution in [0.1, 0.15) is 25.6 Å². The standard InChI is InChI=1S/C14H13NO5S/c1-7-5-11(21-12(7)14(18)19)15-13(17)9-6-8(20-2)3-4-10(9)16/h3-6,16H,1-2H3,(H,15,17)(H,18,19). The van der Waals surface area contributed by atoms with Gasteiger partial charge in [0.15, 0.2) is 0 Å². The van der Waals surface area contributed by atoms with Gasteiger partial charge in [-0.1, -0.05) is 0 Å². The van der Waals surface area contributed by atoms with E-state index in [1.54, 1.807) is 13.0 Å². The van der Waals surface area contributed by atoms with E-state index in [1.807, 2.05) is 0 Å². The number of methoxy groups -OCH3 is 1. The molecule has 0 aliphatic heterocycles. The fraction of sp³-hybridized carbons (Fsp3) is 0.143.